The summed E-state index contributed by atoms with van der Waals surface area (Å²) in [6.07, 6.45) is 12.4. The molecule has 0 bridgehead atoms. The van der Waals surface area contributed by atoms with E-state index in [9.17, 15) is 0 Å². The standard InChI is InChI=1S/C18H19N7/c1-2-16(23-17(3-1)24-18-12-19-6-7-22-18)14-4-8-25(9-5-14)15-10-20-13-21-11-15/h1-3,6-7,10-14H,4-5,8-9H2,(H,22,23,24). The molecule has 1 aliphatic heterocycles. The number of aromatic nitrogens is 5. The highest BCUT2D eigenvalue weighted by Gasteiger charge is 2.22. The molecular formula is C18H19N7. The highest BCUT2D eigenvalue weighted by Crippen LogP contribution is 2.29. The first-order valence-corrected chi connectivity index (χ1v) is 8.38. The van der Waals surface area contributed by atoms with Crippen molar-refractivity contribution in [3.8, 4) is 0 Å². The Morgan fingerprint density at radius 3 is 2.52 bits per heavy atom. The van der Waals surface area contributed by atoms with Gasteiger partial charge in [-0.3, -0.25) is 4.98 Å². The van der Waals surface area contributed by atoms with Gasteiger partial charge in [0.15, 0.2) is 0 Å². The summed E-state index contributed by atoms with van der Waals surface area (Å²) in [5.74, 6) is 1.97. The first-order valence-electron chi connectivity index (χ1n) is 8.38. The van der Waals surface area contributed by atoms with Crippen molar-refractivity contribution in [1.29, 1.82) is 0 Å². The fourth-order valence-corrected chi connectivity index (χ4v) is 3.13. The Bertz CT molecular complexity index is 802. The lowest BCUT2D eigenvalue weighted by atomic mass is 9.93. The second-order valence-electron chi connectivity index (χ2n) is 6.02. The molecule has 1 fully saturated rings. The van der Waals surface area contributed by atoms with Gasteiger partial charge < -0.3 is 10.2 Å². The second-order valence-corrected chi connectivity index (χ2v) is 6.02. The van der Waals surface area contributed by atoms with Gasteiger partial charge in [-0.25, -0.2) is 19.9 Å². The molecule has 4 rings (SSSR count). The van der Waals surface area contributed by atoms with Crippen LogP contribution in [0.15, 0.2) is 55.5 Å². The zero-order valence-electron chi connectivity index (χ0n) is 13.8. The number of piperidine rings is 1. The molecule has 0 saturated carbocycles. The molecular weight excluding hydrogens is 314 g/mol. The number of hydrogen-bond acceptors (Lipinski definition) is 7. The van der Waals surface area contributed by atoms with Gasteiger partial charge in [-0.2, -0.15) is 0 Å². The molecule has 3 aromatic heterocycles. The highest BCUT2D eigenvalue weighted by atomic mass is 15.1. The van der Waals surface area contributed by atoms with Crippen molar-refractivity contribution < 1.29 is 0 Å². The highest BCUT2D eigenvalue weighted by molar-refractivity contribution is 5.50. The maximum Gasteiger partial charge on any atom is 0.150 e. The lowest BCUT2D eigenvalue weighted by Crippen LogP contribution is -2.33. The predicted molar refractivity (Wildman–Crippen MR) is 95.8 cm³/mol. The van der Waals surface area contributed by atoms with Crippen LogP contribution in [-0.2, 0) is 0 Å². The van der Waals surface area contributed by atoms with E-state index >= 15 is 0 Å². The minimum absolute atomic E-state index is 0.462. The molecule has 0 atom stereocenters. The zero-order valence-corrected chi connectivity index (χ0v) is 13.8. The summed E-state index contributed by atoms with van der Waals surface area (Å²) >= 11 is 0. The van der Waals surface area contributed by atoms with Gasteiger partial charge in [0, 0.05) is 37.1 Å². The lowest BCUT2D eigenvalue weighted by Gasteiger charge is -2.33. The van der Waals surface area contributed by atoms with E-state index in [2.05, 4.69) is 36.2 Å². The van der Waals surface area contributed by atoms with Crippen molar-refractivity contribution in [1.82, 2.24) is 24.9 Å². The third-order valence-corrected chi connectivity index (χ3v) is 4.42. The fraction of sp³-hybridized carbons (Fsp3) is 0.278. The van der Waals surface area contributed by atoms with Crippen LogP contribution >= 0.6 is 0 Å². The minimum atomic E-state index is 0.462. The van der Waals surface area contributed by atoms with E-state index in [1.54, 1.807) is 24.9 Å². The fourth-order valence-electron chi connectivity index (χ4n) is 3.13. The SMILES string of the molecule is c1cc(Nc2cnccn2)nc(C2CCN(c3cncnc3)CC2)c1. The molecule has 0 aromatic carbocycles. The summed E-state index contributed by atoms with van der Waals surface area (Å²) in [6.45, 7) is 1.98. The van der Waals surface area contributed by atoms with E-state index in [1.165, 1.54) is 0 Å². The molecule has 126 valence electrons. The van der Waals surface area contributed by atoms with Gasteiger partial charge in [-0.05, 0) is 25.0 Å². The molecule has 0 amide bonds. The first kappa shape index (κ1) is 15.4. The number of pyridine rings is 1. The van der Waals surface area contributed by atoms with Crippen LogP contribution in [0.5, 0.6) is 0 Å². The van der Waals surface area contributed by atoms with Crippen LogP contribution in [0.3, 0.4) is 0 Å². The number of hydrogen-bond donors (Lipinski definition) is 1. The summed E-state index contributed by atoms with van der Waals surface area (Å²) in [7, 11) is 0. The quantitative estimate of drug-likeness (QED) is 0.786. The molecule has 0 spiro atoms. The normalized spacial score (nSPS) is 15.1. The zero-order chi connectivity index (χ0) is 16.9. The van der Waals surface area contributed by atoms with Crippen LogP contribution in [0.25, 0.3) is 0 Å². The summed E-state index contributed by atoms with van der Waals surface area (Å²) in [5.41, 5.74) is 2.21. The van der Waals surface area contributed by atoms with Crippen molar-refractivity contribution >= 4 is 17.3 Å². The smallest absolute Gasteiger partial charge is 0.150 e. The first-order chi connectivity index (χ1) is 12.4. The summed E-state index contributed by atoms with van der Waals surface area (Å²) < 4.78 is 0. The molecule has 3 aromatic rings. The van der Waals surface area contributed by atoms with E-state index in [1.807, 2.05) is 24.5 Å². The Morgan fingerprint density at radius 1 is 0.920 bits per heavy atom. The Hall–Kier alpha value is -3.09. The number of nitrogens with zero attached hydrogens (tertiary/aromatic N) is 6. The maximum absolute atomic E-state index is 4.77. The number of nitrogens with one attached hydrogen (secondary N) is 1. The van der Waals surface area contributed by atoms with Crippen molar-refractivity contribution in [3.05, 3.63) is 61.2 Å². The van der Waals surface area contributed by atoms with Gasteiger partial charge in [-0.1, -0.05) is 6.07 Å². The van der Waals surface area contributed by atoms with Crippen LogP contribution in [0, 0.1) is 0 Å². The van der Waals surface area contributed by atoms with E-state index < -0.39 is 0 Å². The molecule has 0 aliphatic carbocycles. The van der Waals surface area contributed by atoms with Crippen LogP contribution < -0.4 is 10.2 Å². The van der Waals surface area contributed by atoms with Gasteiger partial charge in [0.2, 0.25) is 0 Å². The summed E-state index contributed by atoms with van der Waals surface area (Å²) in [4.78, 5) is 23.6. The van der Waals surface area contributed by atoms with E-state index in [4.69, 9.17) is 4.98 Å². The maximum atomic E-state index is 4.77. The predicted octanol–water partition coefficient (Wildman–Crippen LogP) is 2.79. The van der Waals surface area contributed by atoms with Crippen molar-refractivity contribution in [2.24, 2.45) is 0 Å². The van der Waals surface area contributed by atoms with Gasteiger partial charge in [0.25, 0.3) is 0 Å². The molecule has 7 heteroatoms. The van der Waals surface area contributed by atoms with E-state index in [0.717, 1.165) is 43.1 Å². The molecule has 1 saturated heterocycles. The van der Waals surface area contributed by atoms with Crippen molar-refractivity contribution in [2.45, 2.75) is 18.8 Å². The Morgan fingerprint density at radius 2 is 1.76 bits per heavy atom. The third-order valence-electron chi connectivity index (χ3n) is 4.42. The van der Waals surface area contributed by atoms with Crippen LogP contribution in [0.1, 0.15) is 24.5 Å². The third kappa shape index (κ3) is 3.71. The number of rotatable bonds is 4. The van der Waals surface area contributed by atoms with Gasteiger partial charge >= 0.3 is 0 Å². The van der Waals surface area contributed by atoms with E-state index in [-0.39, 0.29) is 0 Å². The average Bonchev–Trinajstić information content (AvgIpc) is 2.70. The lowest BCUT2D eigenvalue weighted by molar-refractivity contribution is 0.496. The molecule has 1 N–H and O–H groups in total. The van der Waals surface area contributed by atoms with Crippen molar-refractivity contribution in [2.75, 3.05) is 23.3 Å². The van der Waals surface area contributed by atoms with E-state index in [0.29, 0.717) is 11.7 Å². The molecule has 7 nitrogen and oxygen atoms in total. The summed E-state index contributed by atoms with van der Waals surface area (Å²) in [6, 6.07) is 6.10. The van der Waals surface area contributed by atoms with Gasteiger partial charge in [0.1, 0.15) is 18.0 Å². The Balaban J connectivity index is 1.42. The molecule has 0 radical (unpaired) electrons. The van der Waals surface area contributed by atoms with Gasteiger partial charge in [0.05, 0.1) is 24.3 Å². The van der Waals surface area contributed by atoms with Crippen LogP contribution in [0.2, 0.25) is 0 Å². The largest absolute Gasteiger partial charge is 0.369 e. The average molecular weight is 333 g/mol. The molecule has 4 heterocycles. The monoisotopic (exact) mass is 333 g/mol. The molecule has 0 unspecified atom stereocenters. The van der Waals surface area contributed by atoms with Crippen LogP contribution in [0.4, 0.5) is 17.3 Å². The van der Waals surface area contributed by atoms with Crippen molar-refractivity contribution in [3.63, 3.8) is 0 Å². The van der Waals surface area contributed by atoms with Gasteiger partial charge in [-0.15, -0.1) is 0 Å². The second kappa shape index (κ2) is 7.21. The molecule has 1 aliphatic rings. The number of anilines is 3. The molecule has 25 heavy (non-hydrogen) atoms. The van der Waals surface area contributed by atoms with Crippen LogP contribution in [-0.4, -0.2) is 38.0 Å². The Labute approximate surface area is 146 Å². The minimum Gasteiger partial charge on any atom is -0.369 e. The summed E-state index contributed by atoms with van der Waals surface area (Å²) in [5, 5.41) is 3.21. The topological polar surface area (TPSA) is 79.7 Å². The Kier molecular flexibility index (Phi) is 4.45.